The zero-order valence-electron chi connectivity index (χ0n) is 14.9. The van der Waals surface area contributed by atoms with E-state index in [1.54, 1.807) is 30.3 Å². The second-order valence-electron chi connectivity index (χ2n) is 6.06. The van der Waals surface area contributed by atoms with Gasteiger partial charge in [0, 0.05) is 6.04 Å². The van der Waals surface area contributed by atoms with E-state index in [1.807, 2.05) is 13.8 Å². The van der Waals surface area contributed by atoms with Crippen molar-refractivity contribution in [2.45, 2.75) is 37.6 Å². The van der Waals surface area contributed by atoms with Gasteiger partial charge in [0.05, 0.1) is 10.6 Å². The first-order valence-corrected chi connectivity index (χ1v) is 9.91. The molecule has 7 heteroatoms. The minimum atomic E-state index is -4.01. The van der Waals surface area contributed by atoms with Gasteiger partial charge in [-0.05, 0) is 49.7 Å². The van der Waals surface area contributed by atoms with E-state index in [4.69, 9.17) is 0 Å². The number of nitrogens with zero attached hydrogens (tertiary/aromatic N) is 1. The van der Waals surface area contributed by atoms with Crippen LogP contribution in [0.5, 0.6) is 0 Å². The number of rotatable bonds is 8. The molecule has 2 rings (SSSR count). The van der Waals surface area contributed by atoms with Crippen molar-refractivity contribution in [3.63, 3.8) is 0 Å². The summed E-state index contributed by atoms with van der Waals surface area (Å²) in [6, 6.07) is 12.9. The molecule has 0 spiro atoms. The molecule has 0 aromatic heterocycles. The Bertz CT molecular complexity index is 824. The molecule has 0 radical (unpaired) electrons. The van der Waals surface area contributed by atoms with Crippen LogP contribution in [0.25, 0.3) is 0 Å². The lowest BCUT2D eigenvalue weighted by Gasteiger charge is -2.25. The summed E-state index contributed by atoms with van der Waals surface area (Å²) in [5.41, 5.74) is 0.370. The van der Waals surface area contributed by atoms with E-state index in [0.717, 1.165) is 29.3 Å². The number of carbonyl (C=O) groups is 1. The second kappa shape index (κ2) is 8.80. The lowest BCUT2D eigenvalue weighted by Crippen LogP contribution is -2.43. The van der Waals surface area contributed by atoms with Crippen LogP contribution in [0, 0.1) is 5.82 Å². The third-order valence-corrected chi connectivity index (χ3v) is 5.65. The zero-order valence-corrected chi connectivity index (χ0v) is 15.7. The van der Waals surface area contributed by atoms with Gasteiger partial charge < -0.3 is 5.32 Å². The highest BCUT2D eigenvalue weighted by Crippen LogP contribution is 2.23. The molecule has 2 aromatic carbocycles. The molecule has 0 saturated carbocycles. The number of para-hydroxylation sites is 1. The molecular formula is C19H23FN2O3S. The Morgan fingerprint density at radius 2 is 1.73 bits per heavy atom. The molecule has 1 atom stereocenters. The van der Waals surface area contributed by atoms with Crippen molar-refractivity contribution in [2.75, 3.05) is 10.8 Å². The summed E-state index contributed by atoms with van der Waals surface area (Å²) in [7, 11) is -4.01. The van der Waals surface area contributed by atoms with Gasteiger partial charge in [-0.1, -0.05) is 31.5 Å². The van der Waals surface area contributed by atoms with E-state index in [2.05, 4.69) is 5.32 Å². The van der Waals surface area contributed by atoms with Crippen molar-refractivity contribution < 1.29 is 17.6 Å². The Hall–Kier alpha value is -2.41. The van der Waals surface area contributed by atoms with Gasteiger partial charge in [-0.25, -0.2) is 12.8 Å². The van der Waals surface area contributed by atoms with Crippen molar-refractivity contribution in [1.82, 2.24) is 5.32 Å². The molecule has 0 heterocycles. The van der Waals surface area contributed by atoms with Crippen molar-refractivity contribution in [1.29, 1.82) is 0 Å². The summed E-state index contributed by atoms with van der Waals surface area (Å²) in [4.78, 5) is 12.3. The third-order valence-electron chi connectivity index (χ3n) is 3.86. The van der Waals surface area contributed by atoms with E-state index >= 15 is 0 Å². The lowest BCUT2D eigenvalue weighted by atomic mass is 10.2. The highest BCUT2D eigenvalue weighted by molar-refractivity contribution is 7.92. The molecule has 140 valence electrons. The number of carbonyl (C=O) groups excluding carboxylic acids is 1. The summed E-state index contributed by atoms with van der Waals surface area (Å²) in [6.45, 7) is 3.54. The van der Waals surface area contributed by atoms with Gasteiger partial charge in [0.1, 0.15) is 12.4 Å². The van der Waals surface area contributed by atoms with E-state index in [-0.39, 0.29) is 23.4 Å². The van der Waals surface area contributed by atoms with Crippen molar-refractivity contribution in [3.05, 3.63) is 60.4 Å². The number of hydrogen-bond acceptors (Lipinski definition) is 3. The van der Waals surface area contributed by atoms with E-state index in [1.165, 1.54) is 12.1 Å². The molecule has 0 bridgehead atoms. The number of amides is 1. The number of sulfonamides is 1. The summed E-state index contributed by atoms with van der Waals surface area (Å²) in [5.74, 6) is -0.915. The number of nitrogens with one attached hydrogen (secondary N) is 1. The maximum atomic E-state index is 13.2. The van der Waals surface area contributed by atoms with Crippen LogP contribution in [0.4, 0.5) is 10.1 Å². The van der Waals surface area contributed by atoms with Gasteiger partial charge in [-0.3, -0.25) is 9.10 Å². The van der Waals surface area contributed by atoms with Crippen molar-refractivity contribution in [2.24, 2.45) is 0 Å². The quantitative estimate of drug-likeness (QED) is 0.766. The predicted molar refractivity (Wildman–Crippen MR) is 99.9 cm³/mol. The van der Waals surface area contributed by atoms with Crippen LogP contribution in [0.15, 0.2) is 59.5 Å². The van der Waals surface area contributed by atoms with Gasteiger partial charge in [-0.2, -0.15) is 0 Å². The summed E-state index contributed by atoms with van der Waals surface area (Å²) >= 11 is 0. The molecule has 0 aliphatic heterocycles. The predicted octanol–water partition coefficient (Wildman–Crippen LogP) is 3.33. The molecular weight excluding hydrogens is 355 g/mol. The topological polar surface area (TPSA) is 66.5 Å². The molecule has 2 aromatic rings. The molecule has 0 fully saturated rings. The first kappa shape index (κ1) is 19.9. The fraction of sp³-hybridized carbons (Fsp3) is 0.316. The van der Waals surface area contributed by atoms with Gasteiger partial charge in [0.15, 0.2) is 0 Å². The molecule has 0 saturated heterocycles. The Labute approximate surface area is 153 Å². The number of hydrogen-bond donors (Lipinski definition) is 1. The third kappa shape index (κ3) is 5.05. The van der Waals surface area contributed by atoms with Gasteiger partial charge in [-0.15, -0.1) is 0 Å². The van der Waals surface area contributed by atoms with Crippen LogP contribution < -0.4 is 9.62 Å². The summed E-state index contributed by atoms with van der Waals surface area (Å²) < 4.78 is 40.2. The molecule has 1 amide bonds. The van der Waals surface area contributed by atoms with Crippen molar-refractivity contribution >= 4 is 21.6 Å². The van der Waals surface area contributed by atoms with Gasteiger partial charge >= 0.3 is 0 Å². The Morgan fingerprint density at radius 1 is 1.12 bits per heavy atom. The number of benzene rings is 2. The standard InChI is InChI=1S/C19H23FN2O3S/c1-3-7-15(2)21-19(23)14-22(17-8-5-4-6-9-17)26(24,25)18-12-10-16(20)11-13-18/h4-6,8-13,15H,3,7,14H2,1-2H3,(H,21,23)/t15-/m1/s1. The largest absolute Gasteiger partial charge is 0.352 e. The van der Waals surface area contributed by atoms with E-state index in [0.29, 0.717) is 5.69 Å². The molecule has 1 N–H and O–H groups in total. The van der Waals surface area contributed by atoms with Crippen LogP contribution in [0.1, 0.15) is 26.7 Å². The Kier molecular flexibility index (Phi) is 6.74. The van der Waals surface area contributed by atoms with E-state index in [9.17, 15) is 17.6 Å². The first-order chi connectivity index (χ1) is 12.3. The smallest absolute Gasteiger partial charge is 0.264 e. The van der Waals surface area contributed by atoms with Crippen LogP contribution >= 0.6 is 0 Å². The van der Waals surface area contributed by atoms with E-state index < -0.39 is 15.8 Å². The SMILES string of the molecule is CCC[C@@H](C)NC(=O)CN(c1ccccc1)S(=O)(=O)c1ccc(F)cc1. The fourth-order valence-electron chi connectivity index (χ4n) is 2.60. The van der Waals surface area contributed by atoms with Crippen LogP contribution in [0.3, 0.4) is 0 Å². The van der Waals surface area contributed by atoms with Crippen LogP contribution in [-0.2, 0) is 14.8 Å². The molecule has 26 heavy (non-hydrogen) atoms. The monoisotopic (exact) mass is 378 g/mol. The maximum absolute atomic E-state index is 13.2. The summed E-state index contributed by atoms with van der Waals surface area (Å²) in [5, 5.41) is 2.81. The van der Waals surface area contributed by atoms with Gasteiger partial charge in [0.2, 0.25) is 5.91 Å². The van der Waals surface area contributed by atoms with Gasteiger partial charge in [0.25, 0.3) is 10.0 Å². The normalized spacial score (nSPS) is 12.4. The molecule has 5 nitrogen and oxygen atoms in total. The second-order valence-corrected chi connectivity index (χ2v) is 7.92. The molecule has 0 aliphatic rings. The molecule has 0 unspecified atom stereocenters. The Morgan fingerprint density at radius 3 is 2.31 bits per heavy atom. The summed E-state index contributed by atoms with van der Waals surface area (Å²) in [6.07, 6.45) is 1.72. The lowest BCUT2D eigenvalue weighted by molar-refractivity contribution is -0.120. The average molecular weight is 378 g/mol. The van der Waals surface area contributed by atoms with Crippen LogP contribution in [-0.4, -0.2) is 26.9 Å². The highest BCUT2D eigenvalue weighted by atomic mass is 32.2. The maximum Gasteiger partial charge on any atom is 0.264 e. The fourth-order valence-corrected chi connectivity index (χ4v) is 4.02. The highest BCUT2D eigenvalue weighted by Gasteiger charge is 2.27. The number of anilines is 1. The molecule has 0 aliphatic carbocycles. The number of halogens is 1. The van der Waals surface area contributed by atoms with Crippen molar-refractivity contribution in [3.8, 4) is 0 Å². The minimum Gasteiger partial charge on any atom is -0.352 e. The first-order valence-electron chi connectivity index (χ1n) is 8.47. The average Bonchev–Trinajstić information content (AvgIpc) is 2.61. The zero-order chi connectivity index (χ0) is 19.2. The Balaban J connectivity index is 2.33. The van der Waals surface area contributed by atoms with Crippen LogP contribution in [0.2, 0.25) is 0 Å². The minimum absolute atomic E-state index is 0.0429.